The number of hydrogen-bond donors (Lipinski definition) is 1. The summed E-state index contributed by atoms with van der Waals surface area (Å²) in [4.78, 5) is 36.3. The van der Waals surface area contributed by atoms with Crippen molar-refractivity contribution in [3.05, 3.63) is 58.9 Å². The van der Waals surface area contributed by atoms with Crippen LogP contribution in [-0.4, -0.2) is 53.6 Å². The summed E-state index contributed by atoms with van der Waals surface area (Å²) in [5, 5.41) is 4.26. The van der Waals surface area contributed by atoms with Crippen LogP contribution in [0.3, 0.4) is 0 Å². The highest BCUT2D eigenvalue weighted by molar-refractivity contribution is 6.31. The van der Waals surface area contributed by atoms with Gasteiger partial charge < -0.3 is 19.6 Å². The number of anilines is 2. The standard InChI is InChI=1S/C25H23ClF2N4O5/c1-14(7-10-33)25(34)37-32-8-5-15(6-9-32)36-21-11-16-19(12-20(21)35-2)29-13-30-24(16)31-18-4-3-17(27)22(26)23(18)28/h3-4,7,10-13,15H,5-6,8-9H2,1-2H3,(H,29,30,31). The Balaban J connectivity index is 1.52. The highest BCUT2D eigenvalue weighted by Gasteiger charge is 2.25. The van der Waals surface area contributed by atoms with Crippen LogP contribution in [0.2, 0.25) is 5.02 Å². The normalized spacial score (nSPS) is 14.9. The molecule has 0 spiro atoms. The van der Waals surface area contributed by atoms with E-state index in [9.17, 15) is 18.4 Å². The molecule has 0 atom stereocenters. The van der Waals surface area contributed by atoms with Gasteiger partial charge in [-0.05, 0) is 31.2 Å². The van der Waals surface area contributed by atoms with E-state index in [2.05, 4.69) is 15.3 Å². The maximum Gasteiger partial charge on any atom is 0.352 e. The van der Waals surface area contributed by atoms with Gasteiger partial charge in [-0.25, -0.2) is 23.5 Å². The molecule has 1 aromatic heterocycles. The number of allylic oxidation sites excluding steroid dienone is 1. The molecule has 0 saturated carbocycles. The van der Waals surface area contributed by atoms with Crippen molar-refractivity contribution >= 4 is 46.3 Å². The van der Waals surface area contributed by atoms with Crippen LogP contribution in [0.25, 0.3) is 10.9 Å². The summed E-state index contributed by atoms with van der Waals surface area (Å²) >= 11 is 5.70. The lowest BCUT2D eigenvalue weighted by molar-refractivity contribution is -0.193. The molecule has 2 heterocycles. The topological polar surface area (TPSA) is 103 Å². The summed E-state index contributed by atoms with van der Waals surface area (Å²) in [5.74, 6) is -1.27. The highest BCUT2D eigenvalue weighted by Crippen LogP contribution is 2.37. The number of fused-ring (bicyclic) bond motifs is 1. The first kappa shape index (κ1) is 26.2. The van der Waals surface area contributed by atoms with E-state index >= 15 is 0 Å². The van der Waals surface area contributed by atoms with Crippen molar-refractivity contribution in [1.82, 2.24) is 15.0 Å². The number of halogens is 3. The number of piperidine rings is 1. The first-order chi connectivity index (χ1) is 17.8. The lowest BCUT2D eigenvalue weighted by Gasteiger charge is -2.31. The van der Waals surface area contributed by atoms with Gasteiger partial charge in [0, 0.05) is 43.0 Å². The Labute approximate surface area is 215 Å². The van der Waals surface area contributed by atoms with Crippen LogP contribution >= 0.6 is 11.6 Å². The van der Waals surface area contributed by atoms with Gasteiger partial charge in [-0.3, -0.25) is 4.79 Å². The molecular formula is C25H23ClF2N4O5. The molecule has 194 valence electrons. The quantitative estimate of drug-likeness (QED) is 0.250. The molecule has 0 radical (unpaired) electrons. The zero-order valence-corrected chi connectivity index (χ0v) is 20.7. The number of methoxy groups -OCH3 is 1. The molecule has 1 aliphatic rings. The van der Waals surface area contributed by atoms with E-state index in [1.807, 2.05) is 0 Å². The molecule has 2 aromatic carbocycles. The van der Waals surface area contributed by atoms with E-state index in [4.69, 9.17) is 25.9 Å². The lowest BCUT2D eigenvalue weighted by atomic mass is 10.1. The van der Waals surface area contributed by atoms with Crippen molar-refractivity contribution in [1.29, 1.82) is 0 Å². The van der Waals surface area contributed by atoms with Gasteiger partial charge in [0.05, 0.1) is 18.3 Å². The van der Waals surface area contributed by atoms with Crippen LogP contribution < -0.4 is 14.8 Å². The van der Waals surface area contributed by atoms with Gasteiger partial charge in [-0.15, -0.1) is 5.06 Å². The van der Waals surface area contributed by atoms with Gasteiger partial charge in [-0.2, -0.15) is 0 Å². The molecule has 4 rings (SSSR count). The minimum Gasteiger partial charge on any atom is -0.493 e. The number of carbonyl (C=O) groups is 2. The van der Waals surface area contributed by atoms with Crippen molar-refractivity contribution in [2.45, 2.75) is 25.9 Å². The summed E-state index contributed by atoms with van der Waals surface area (Å²) in [6.07, 6.45) is 3.89. The molecule has 0 aliphatic carbocycles. The monoisotopic (exact) mass is 532 g/mol. The van der Waals surface area contributed by atoms with Crippen LogP contribution in [0.15, 0.2) is 42.2 Å². The number of nitrogens with zero attached hydrogens (tertiary/aromatic N) is 3. The summed E-state index contributed by atoms with van der Waals surface area (Å²) in [7, 11) is 1.50. The Bertz CT molecular complexity index is 1360. The number of nitrogens with one attached hydrogen (secondary N) is 1. The summed E-state index contributed by atoms with van der Waals surface area (Å²) in [6.45, 7) is 2.37. The van der Waals surface area contributed by atoms with E-state index in [1.54, 1.807) is 12.1 Å². The van der Waals surface area contributed by atoms with E-state index in [1.165, 1.54) is 31.5 Å². The molecular weight excluding hydrogens is 510 g/mol. The number of ether oxygens (including phenoxy) is 2. The second-order valence-corrected chi connectivity index (χ2v) is 8.58. The zero-order valence-electron chi connectivity index (χ0n) is 20.0. The number of aldehydes is 1. The molecule has 37 heavy (non-hydrogen) atoms. The third-order valence-electron chi connectivity index (χ3n) is 5.76. The molecule has 0 amide bonds. The molecule has 3 aromatic rings. The fraction of sp³-hybridized carbons (Fsp3) is 0.280. The van der Waals surface area contributed by atoms with E-state index in [0.29, 0.717) is 54.6 Å². The van der Waals surface area contributed by atoms with Crippen molar-refractivity contribution in [3.8, 4) is 11.5 Å². The predicted octanol–water partition coefficient (Wildman–Crippen LogP) is 4.76. The Hall–Kier alpha value is -3.83. The molecule has 1 aliphatic heterocycles. The molecule has 0 bridgehead atoms. The molecule has 0 unspecified atom stereocenters. The largest absolute Gasteiger partial charge is 0.493 e. The minimum atomic E-state index is -0.942. The predicted molar refractivity (Wildman–Crippen MR) is 132 cm³/mol. The summed E-state index contributed by atoms with van der Waals surface area (Å²) in [6, 6.07) is 5.63. The molecule has 1 saturated heterocycles. The van der Waals surface area contributed by atoms with E-state index in [0.717, 1.165) is 12.1 Å². The smallest absolute Gasteiger partial charge is 0.352 e. The van der Waals surface area contributed by atoms with Crippen molar-refractivity contribution in [2.75, 3.05) is 25.5 Å². The maximum absolute atomic E-state index is 14.5. The molecule has 12 heteroatoms. The van der Waals surface area contributed by atoms with Gasteiger partial charge in [0.25, 0.3) is 0 Å². The van der Waals surface area contributed by atoms with Gasteiger partial charge in [-0.1, -0.05) is 11.6 Å². The second-order valence-electron chi connectivity index (χ2n) is 8.20. The van der Waals surface area contributed by atoms with Crippen LogP contribution in [0, 0.1) is 11.6 Å². The molecule has 1 fully saturated rings. The Kier molecular flexibility index (Phi) is 8.14. The van der Waals surface area contributed by atoms with Crippen LogP contribution in [-0.2, 0) is 14.4 Å². The fourth-order valence-electron chi connectivity index (χ4n) is 3.75. The average molecular weight is 533 g/mol. The van der Waals surface area contributed by atoms with Crippen molar-refractivity contribution < 1.29 is 32.7 Å². The lowest BCUT2D eigenvalue weighted by Crippen LogP contribution is -2.39. The average Bonchev–Trinajstić information content (AvgIpc) is 2.90. The number of aromatic nitrogens is 2. The number of rotatable bonds is 8. The Morgan fingerprint density at radius 2 is 1.95 bits per heavy atom. The SMILES string of the molecule is COc1cc2ncnc(Nc3ccc(F)c(Cl)c3F)c2cc1OC1CCN(OC(=O)C(C)=CC=O)CC1. The van der Waals surface area contributed by atoms with Gasteiger partial charge in [0.2, 0.25) is 0 Å². The Morgan fingerprint density at radius 1 is 1.19 bits per heavy atom. The number of benzene rings is 2. The van der Waals surface area contributed by atoms with Gasteiger partial charge in [0.1, 0.15) is 35.4 Å². The molecule has 1 N–H and O–H groups in total. The van der Waals surface area contributed by atoms with Crippen molar-refractivity contribution in [3.63, 3.8) is 0 Å². The summed E-state index contributed by atoms with van der Waals surface area (Å²) in [5.41, 5.74) is 0.671. The Morgan fingerprint density at radius 3 is 2.65 bits per heavy atom. The zero-order chi connectivity index (χ0) is 26.5. The van der Waals surface area contributed by atoms with E-state index < -0.39 is 22.6 Å². The van der Waals surface area contributed by atoms with Crippen molar-refractivity contribution in [2.24, 2.45) is 0 Å². The third-order valence-corrected chi connectivity index (χ3v) is 6.10. The fourth-order valence-corrected chi connectivity index (χ4v) is 3.91. The first-order valence-electron chi connectivity index (χ1n) is 11.3. The third kappa shape index (κ3) is 5.95. The molecule has 9 nitrogen and oxygen atoms in total. The van der Waals surface area contributed by atoms with Gasteiger partial charge >= 0.3 is 5.97 Å². The highest BCUT2D eigenvalue weighted by atomic mass is 35.5. The van der Waals surface area contributed by atoms with Crippen LogP contribution in [0.4, 0.5) is 20.3 Å². The number of carbonyl (C=O) groups excluding carboxylic acids is 2. The van der Waals surface area contributed by atoms with E-state index in [-0.39, 0.29) is 23.2 Å². The number of hydroxylamine groups is 2. The number of hydrogen-bond acceptors (Lipinski definition) is 9. The van der Waals surface area contributed by atoms with Crippen LogP contribution in [0.5, 0.6) is 11.5 Å². The first-order valence-corrected chi connectivity index (χ1v) is 11.7. The second kappa shape index (κ2) is 11.5. The van der Waals surface area contributed by atoms with Crippen LogP contribution in [0.1, 0.15) is 19.8 Å². The maximum atomic E-state index is 14.5. The van der Waals surface area contributed by atoms with Gasteiger partial charge in [0.15, 0.2) is 17.3 Å². The summed E-state index contributed by atoms with van der Waals surface area (Å²) < 4.78 is 39.7. The minimum absolute atomic E-state index is 0.0511.